The van der Waals surface area contributed by atoms with E-state index in [1.807, 2.05) is 0 Å². The van der Waals surface area contributed by atoms with Crippen LogP contribution in [0.25, 0.3) is 0 Å². The average molecular weight is 224 g/mol. The summed E-state index contributed by atoms with van der Waals surface area (Å²) in [5.41, 5.74) is 0.383. The van der Waals surface area contributed by atoms with E-state index in [1.54, 1.807) is 11.2 Å². The predicted molar refractivity (Wildman–Crippen MR) is 47.3 cm³/mol. The van der Waals surface area contributed by atoms with E-state index in [0.717, 1.165) is 6.07 Å². The van der Waals surface area contributed by atoms with E-state index in [1.165, 1.54) is 12.1 Å². The number of nitrogens with one attached hydrogen (secondary N) is 1. The lowest BCUT2D eigenvalue weighted by atomic mass is 10.2. The van der Waals surface area contributed by atoms with Gasteiger partial charge in [-0.3, -0.25) is 0 Å². The molecule has 0 aliphatic carbocycles. The fourth-order valence-electron chi connectivity index (χ4n) is 0.785. The van der Waals surface area contributed by atoms with Gasteiger partial charge in [0.1, 0.15) is 5.82 Å². The summed E-state index contributed by atoms with van der Waals surface area (Å²) in [7, 11) is -3.76. The van der Waals surface area contributed by atoms with Crippen molar-refractivity contribution in [2.24, 2.45) is 0 Å². The summed E-state index contributed by atoms with van der Waals surface area (Å²) in [5.74, 6) is -0.576. The summed E-state index contributed by atoms with van der Waals surface area (Å²) in [6.07, 6.45) is 0. The van der Waals surface area contributed by atoms with Crippen molar-refractivity contribution in [3.8, 4) is 0 Å². The lowest BCUT2D eigenvalue weighted by molar-refractivity contribution is 0.587. The molecule has 3 nitrogen and oxygen atoms in total. The topological polar surface area (TPSA) is 46.2 Å². The molecule has 13 heavy (non-hydrogen) atoms. The Hall–Kier alpha value is -0.650. The van der Waals surface area contributed by atoms with Crippen molar-refractivity contribution in [1.82, 2.24) is 4.24 Å². The Kier molecular flexibility index (Phi) is 2.90. The number of halogens is 2. The molecule has 72 valence electrons. The molecule has 0 aliphatic heterocycles. The maximum absolute atomic E-state index is 12.9. The molecule has 0 radical (unpaired) electrons. The maximum atomic E-state index is 12.9. The van der Waals surface area contributed by atoms with Gasteiger partial charge in [0, 0.05) is 0 Å². The molecule has 0 heterocycles. The van der Waals surface area contributed by atoms with E-state index in [9.17, 15) is 12.8 Å². The highest BCUT2D eigenvalue weighted by Gasteiger charge is 2.13. The molecule has 1 rings (SSSR count). The lowest BCUT2D eigenvalue weighted by Gasteiger charge is -2.01. The summed E-state index contributed by atoms with van der Waals surface area (Å²) in [5, 5.41) is 0. The van der Waals surface area contributed by atoms with Crippen LogP contribution in [0.5, 0.6) is 0 Å². The van der Waals surface area contributed by atoms with Crippen molar-refractivity contribution >= 4 is 21.8 Å². The summed E-state index contributed by atoms with van der Waals surface area (Å²) in [6.45, 7) is 1.54. The largest absolute Gasteiger partial charge is 0.254 e. The first-order valence-corrected chi connectivity index (χ1v) is 5.22. The number of benzene rings is 1. The predicted octanol–water partition coefficient (Wildman–Crippen LogP) is 1.57. The first-order chi connectivity index (χ1) is 5.97. The highest BCUT2D eigenvalue weighted by atomic mass is 35.5. The van der Waals surface area contributed by atoms with Gasteiger partial charge >= 0.3 is 0 Å². The number of hydrogen-bond donors (Lipinski definition) is 1. The summed E-state index contributed by atoms with van der Waals surface area (Å²) < 4.78 is 36.6. The number of sulfonamides is 1. The van der Waals surface area contributed by atoms with Gasteiger partial charge < -0.3 is 0 Å². The first kappa shape index (κ1) is 10.4. The molecule has 6 heteroatoms. The van der Waals surface area contributed by atoms with Gasteiger partial charge in [-0.25, -0.2) is 12.8 Å². The second-order valence-corrected chi connectivity index (χ2v) is 4.59. The third-order valence-electron chi connectivity index (χ3n) is 1.56. The fraction of sp³-hybridized carbons (Fsp3) is 0.143. The van der Waals surface area contributed by atoms with Gasteiger partial charge in [0.15, 0.2) is 0 Å². The average Bonchev–Trinajstić information content (AvgIpc) is 2.09. The van der Waals surface area contributed by atoms with Crippen molar-refractivity contribution < 1.29 is 12.8 Å². The molecule has 0 bridgehead atoms. The van der Waals surface area contributed by atoms with Crippen molar-refractivity contribution in [3.05, 3.63) is 29.6 Å². The van der Waals surface area contributed by atoms with Crippen molar-refractivity contribution in [2.45, 2.75) is 11.8 Å². The number of rotatable bonds is 2. The van der Waals surface area contributed by atoms with Crippen LogP contribution in [0.15, 0.2) is 23.1 Å². The molecule has 0 fully saturated rings. The van der Waals surface area contributed by atoms with E-state index in [0.29, 0.717) is 5.56 Å². The van der Waals surface area contributed by atoms with Crippen LogP contribution in [-0.2, 0) is 10.0 Å². The molecule has 0 unspecified atom stereocenters. The molecule has 0 spiro atoms. The Bertz CT molecular complexity index is 419. The van der Waals surface area contributed by atoms with E-state index in [-0.39, 0.29) is 4.90 Å². The Morgan fingerprint density at radius 3 is 2.54 bits per heavy atom. The monoisotopic (exact) mass is 223 g/mol. The Balaban J connectivity index is 3.27. The van der Waals surface area contributed by atoms with Crippen LogP contribution in [-0.4, -0.2) is 8.42 Å². The minimum Gasteiger partial charge on any atom is -0.207 e. The van der Waals surface area contributed by atoms with E-state index >= 15 is 0 Å². The molecule has 0 amide bonds. The molecule has 0 saturated heterocycles. The van der Waals surface area contributed by atoms with E-state index < -0.39 is 15.8 Å². The Labute approximate surface area is 80.7 Å². The Morgan fingerprint density at radius 2 is 2.08 bits per heavy atom. The smallest absolute Gasteiger partial charge is 0.207 e. The lowest BCUT2D eigenvalue weighted by Crippen LogP contribution is -2.13. The van der Waals surface area contributed by atoms with Gasteiger partial charge in [-0.1, -0.05) is 6.07 Å². The minimum absolute atomic E-state index is 0.189. The van der Waals surface area contributed by atoms with Crippen LogP contribution < -0.4 is 4.24 Å². The zero-order chi connectivity index (χ0) is 10.1. The van der Waals surface area contributed by atoms with Crippen molar-refractivity contribution in [2.75, 3.05) is 0 Å². The highest BCUT2D eigenvalue weighted by molar-refractivity contribution is 7.90. The molecule has 1 aromatic rings. The van der Waals surface area contributed by atoms with Crippen LogP contribution in [0.4, 0.5) is 4.39 Å². The van der Waals surface area contributed by atoms with Gasteiger partial charge in [0.05, 0.1) is 4.90 Å². The van der Waals surface area contributed by atoms with Crippen LogP contribution >= 0.6 is 11.8 Å². The number of hydrogen-bond acceptors (Lipinski definition) is 2. The zero-order valence-electron chi connectivity index (χ0n) is 6.71. The number of aryl methyl sites for hydroxylation is 1. The third-order valence-corrected chi connectivity index (χ3v) is 3.24. The van der Waals surface area contributed by atoms with Crippen LogP contribution in [0.1, 0.15) is 5.56 Å². The second-order valence-electron chi connectivity index (χ2n) is 2.49. The van der Waals surface area contributed by atoms with Crippen LogP contribution in [0.2, 0.25) is 0 Å². The normalized spacial score (nSPS) is 11.6. The SMILES string of the molecule is Cc1ccc(S(=O)(=O)NCl)cc1F. The molecule has 0 aromatic heterocycles. The fourth-order valence-corrected chi connectivity index (χ4v) is 1.65. The molecule has 0 aliphatic rings. The standard InChI is InChI=1S/C7H7ClFNO2S/c1-5-2-3-6(4-7(5)9)13(11,12)10-8/h2-4,10H,1H3. The van der Waals surface area contributed by atoms with Gasteiger partial charge in [-0.05, 0) is 36.4 Å². The van der Waals surface area contributed by atoms with Crippen molar-refractivity contribution in [3.63, 3.8) is 0 Å². The third kappa shape index (κ3) is 2.18. The highest BCUT2D eigenvalue weighted by Crippen LogP contribution is 2.13. The molecular weight excluding hydrogens is 217 g/mol. The Morgan fingerprint density at radius 1 is 1.46 bits per heavy atom. The van der Waals surface area contributed by atoms with Gasteiger partial charge in [-0.2, -0.15) is 0 Å². The maximum Gasteiger partial charge on any atom is 0.254 e. The van der Waals surface area contributed by atoms with Gasteiger partial charge in [0.25, 0.3) is 10.0 Å². The van der Waals surface area contributed by atoms with E-state index in [4.69, 9.17) is 11.8 Å². The zero-order valence-corrected chi connectivity index (χ0v) is 8.29. The molecule has 0 saturated carbocycles. The summed E-state index contributed by atoms with van der Waals surface area (Å²) >= 11 is 4.96. The van der Waals surface area contributed by atoms with Crippen LogP contribution in [0.3, 0.4) is 0 Å². The molecule has 0 atom stereocenters. The molecular formula is C7H7ClFNO2S. The van der Waals surface area contributed by atoms with E-state index in [2.05, 4.69) is 0 Å². The van der Waals surface area contributed by atoms with Crippen molar-refractivity contribution in [1.29, 1.82) is 0 Å². The molecule has 1 aromatic carbocycles. The summed E-state index contributed by atoms with van der Waals surface area (Å²) in [6, 6.07) is 3.57. The minimum atomic E-state index is -3.76. The van der Waals surface area contributed by atoms with Crippen LogP contribution in [0, 0.1) is 12.7 Å². The first-order valence-electron chi connectivity index (χ1n) is 3.36. The summed E-state index contributed by atoms with van der Waals surface area (Å²) in [4.78, 5) is -0.189. The second kappa shape index (κ2) is 3.61. The quantitative estimate of drug-likeness (QED) is 0.774. The molecule has 1 N–H and O–H groups in total. The van der Waals surface area contributed by atoms with Gasteiger partial charge in [-0.15, -0.1) is 4.24 Å². The van der Waals surface area contributed by atoms with Gasteiger partial charge in [0.2, 0.25) is 0 Å².